The lowest BCUT2D eigenvalue weighted by molar-refractivity contribution is -0.140. The molecule has 98 valence electrons. The summed E-state index contributed by atoms with van der Waals surface area (Å²) in [5, 5.41) is 2.60. The van der Waals surface area contributed by atoms with E-state index in [4.69, 9.17) is 0 Å². The molecule has 0 saturated carbocycles. The highest BCUT2D eigenvalue weighted by Crippen LogP contribution is 2.07. The lowest BCUT2D eigenvalue weighted by Gasteiger charge is -2.05. The number of amides is 1. The van der Waals surface area contributed by atoms with Crippen molar-refractivity contribution in [2.45, 2.75) is 11.3 Å². The normalized spacial score (nSPS) is 11.7. The number of carbonyl (C=O) groups is 2. The zero-order chi connectivity index (χ0) is 13.5. The molecule has 0 aliphatic heterocycles. The highest BCUT2D eigenvalue weighted by atomic mass is 32.2. The molecular weight excluding hydrogens is 254 g/mol. The van der Waals surface area contributed by atoms with Crippen LogP contribution in [0.4, 0.5) is 0 Å². The summed E-state index contributed by atoms with van der Waals surface area (Å²) in [4.78, 5) is 23.2. The Balaban J connectivity index is 2.51. The number of carbonyl (C=O) groups excluding carboxylic acids is 2. The second-order valence-electron chi connectivity index (χ2n) is 3.56. The minimum absolute atomic E-state index is 0.138. The van der Waals surface area contributed by atoms with Crippen LogP contribution in [0.25, 0.3) is 0 Å². The van der Waals surface area contributed by atoms with Crippen molar-refractivity contribution in [1.82, 2.24) is 5.32 Å². The summed E-state index contributed by atoms with van der Waals surface area (Å²) < 4.78 is 15.6. The Kier molecular flexibility index (Phi) is 5.51. The van der Waals surface area contributed by atoms with Crippen LogP contribution in [0.3, 0.4) is 0 Å². The van der Waals surface area contributed by atoms with Crippen molar-refractivity contribution in [3.05, 3.63) is 29.8 Å². The third kappa shape index (κ3) is 4.29. The molecule has 1 atom stereocenters. The molecule has 1 N–H and O–H groups in total. The maximum atomic E-state index is 11.7. The van der Waals surface area contributed by atoms with Crippen molar-refractivity contribution in [2.24, 2.45) is 0 Å². The topological polar surface area (TPSA) is 72.5 Å². The van der Waals surface area contributed by atoms with Gasteiger partial charge < -0.3 is 10.1 Å². The minimum atomic E-state index is -1.06. The number of hydrogen-bond donors (Lipinski definition) is 1. The number of ether oxygens (including phenoxy) is 1. The van der Waals surface area contributed by atoms with E-state index in [2.05, 4.69) is 10.1 Å². The molecule has 6 heteroatoms. The van der Waals surface area contributed by atoms with Gasteiger partial charge in [-0.3, -0.25) is 13.8 Å². The van der Waals surface area contributed by atoms with E-state index in [0.717, 1.165) is 0 Å². The summed E-state index contributed by atoms with van der Waals surface area (Å²) in [6.45, 7) is 0.229. The molecule has 0 aliphatic rings. The van der Waals surface area contributed by atoms with Gasteiger partial charge in [0.1, 0.15) is 0 Å². The fraction of sp³-hybridized carbons (Fsp3) is 0.333. The van der Waals surface area contributed by atoms with Crippen molar-refractivity contribution in [3.8, 4) is 0 Å². The Morgan fingerprint density at radius 1 is 1.28 bits per heavy atom. The molecule has 0 spiro atoms. The summed E-state index contributed by atoms with van der Waals surface area (Å²) in [5.41, 5.74) is 0.467. The van der Waals surface area contributed by atoms with E-state index in [1.165, 1.54) is 7.11 Å². The number of esters is 1. The third-order valence-electron chi connectivity index (χ3n) is 2.29. The Hall–Kier alpha value is -1.69. The molecule has 1 rings (SSSR count). The first-order valence-electron chi connectivity index (χ1n) is 5.33. The Bertz CT molecular complexity index is 456. The first-order chi connectivity index (χ1) is 8.54. The largest absolute Gasteiger partial charge is 0.469 e. The van der Waals surface area contributed by atoms with Crippen molar-refractivity contribution in [2.75, 3.05) is 19.9 Å². The van der Waals surface area contributed by atoms with Gasteiger partial charge in [-0.2, -0.15) is 0 Å². The van der Waals surface area contributed by atoms with Gasteiger partial charge in [0.15, 0.2) is 0 Å². The van der Waals surface area contributed by atoms with E-state index in [0.29, 0.717) is 10.5 Å². The summed E-state index contributed by atoms with van der Waals surface area (Å²) in [5.74, 6) is -0.639. The quantitative estimate of drug-likeness (QED) is 0.799. The lowest BCUT2D eigenvalue weighted by atomic mass is 10.2. The van der Waals surface area contributed by atoms with E-state index >= 15 is 0 Å². The van der Waals surface area contributed by atoms with Gasteiger partial charge >= 0.3 is 5.97 Å². The second-order valence-corrected chi connectivity index (χ2v) is 4.94. The molecule has 0 saturated heterocycles. The third-order valence-corrected chi connectivity index (χ3v) is 3.23. The predicted molar refractivity (Wildman–Crippen MR) is 67.7 cm³/mol. The average molecular weight is 269 g/mol. The Labute approximate surface area is 108 Å². The molecule has 1 aromatic carbocycles. The van der Waals surface area contributed by atoms with Crippen molar-refractivity contribution < 1.29 is 18.5 Å². The molecular formula is C12H15NO4S. The van der Waals surface area contributed by atoms with Crippen LogP contribution in [-0.2, 0) is 20.3 Å². The second kappa shape index (κ2) is 6.90. The summed E-state index contributed by atoms with van der Waals surface area (Å²) in [7, 11) is 0.243. The van der Waals surface area contributed by atoms with Crippen LogP contribution in [-0.4, -0.2) is 36.0 Å². The van der Waals surface area contributed by atoms with E-state index in [-0.39, 0.29) is 24.8 Å². The summed E-state index contributed by atoms with van der Waals surface area (Å²) in [6.07, 6.45) is 1.71. The predicted octanol–water partition coefficient (Wildman–Crippen LogP) is 0.717. The number of methoxy groups -OCH3 is 1. The molecule has 0 aliphatic carbocycles. The maximum absolute atomic E-state index is 11.7. The van der Waals surface area contributed by atoms with Crippen molar-refractivity contribution in [3.63, 3.8) is 0 Å². The number of nitrogens with one attached hydrogen (secondary N) is 1. The number of hydrogen-bond acceptors (Lipinski definition) is 4. The molecule has 1 unspecified atom stereocenters. The number of benzene rings is 1. The molecule has 0 bridgehead atoms. The molecule has 0 fully saturated rings. The first kappa shape index (κ1) is 14.4. The number of rotatable bonds is 5. The van der Waals surface area contributed by atoms with Gasteiger partial charge in [-0.15, -0.1) is 0 Å². The molecule has 18 heavy (non-hydrogen) atoms. The minimum Gasteiger partial charge on any atom is -0.469 e. The van der Waals surface area contributed by atoms with Gasteiger partial charge in [0.2, 0.25) is 0 Å². The molecule has 5 nitrogen and oxygen atoms in total. The van der Waals surface area contributed by atoms with Crippen LogP contribution in [0, 0.1) is 0 Å². The van der Waals surface area contributed by atoms with Crippen molar-refractivity contribution >= 4 is 22.7 Å². The average Bonchev–Trinajstić information content (AvgIpc) is 2.38. The maximum Gasteiger partial charge on any atom is 0.307 e. The highest BCUT2D eigenvalue weighted by molar-refractivity contribution is 7.84. The zero-order valence-corrected chi connectivity index (χ0v) is 11.1. The van der Waals surface area contributed by atoms with Crippen molar-refractivity contribution in [1.29, 1.82) is 0 Å². The van der Waals surface area contributed by atoms with Gasteiger partial charge in [0, 0.05) is 34.1 Å². The molecule has 1 aromatic rings. The Morgan fingerprint density at radius 3 is 2.39 bits per heavy atom. The van der Waals surface area contributed by atoms with Crippen LogP contribution in [0.5, 0.6) is 0 Å². The van der Waals surface area contributed by atoms with Gasteiger partial charge in [0.25, 0.3) is 5.91 Å². The molecule has 0 aromatic heterocycles. The van der Waals surface area contributed by atoms with Gasteiger partial charge in [-0.1, -0.05) is 0 Å². The standard InChI is InChI=1S/C12H15NO4S/c1-17-11(14)7-8-13-12(15)9-3-5-10(6-4-9)18(2)16/h3-6H,7-8H2,1-2H3,(H,13,15). The Morgan fingerprint density at radius 2 is 1.89 bits per heavy atom. The van der Waals surface area contributed by atoms with Crippen LogP contribution in [0.15, 0.2) is 29.2 Å². The zero-order valence-electron chi connectivity index (χ0n) is 10.3. The molecule has 0 heterocycles. The fourth-order valence-corrected chi connectivity index (χ4v) is 1.80. The van der Waals surface area contributed by atoms with Crippen LogP contribution >= 0.6 is 0 Å². The molecule has 1 amide bonds. The van der Waals surface area contributed by atoms with Crippen LogP contribution in [0.2, 0.25) is 0 Å². The SMILES string of the molecule is COC(=O)CCNC(=O)c1ccc(S(C)=O)cc1. The lowest BCUT2D eigenvalue weighted by Crippen LogP contribution is -2.26. The molecule has 0 radical (unpaired) electrons. The monoisotopic (exact) mass is 269 g/mol. The van der Waals surface area contributed by atoms with Gasteiger partial charge in [-0.05, 0) is 24.3 Å². The highest BCUT2D eigenvalue weighted by Gasteiger charge is 2.07. The van der Waals surface area contributed by atoms with E-state index in [1.54, 1.807) is 30.5 Å². The van der Waals surface area contributed by atoms with E-state index in [1.807, 2.05) is 0 Å². The van der Waals surface area contributed by atoms with E-state index < -0.39 is 10.8 Å². The first-order valence-corrected chi connectivity index (χ1v) is 6.89. The van der Waals surface area contributed by atoms with Crippen LogP contribution in [0.1, 0.15) is 16.8 Å². The summed E-state index contributed by atoms with van der Waals surface area (Å²) in [6, 6.07) is 6.49. The smallest absolute Gasteiger partial charge is 0.307 e. The summed E-state index contributed by atoms with van der Waals surface area (Å²) >= 11 is 0. The van der Waals surface area contributed by atoms with Gasteiger partial charge in [0.05, 0.1) is 13.5 Å². The van der Waals surface area contributed by atoms with Crippen LogP contribution < -0.4 is 5.32 Å². The van der Waals surface area contributed by atoms with E-state index in [9.17, 15) is 13.8 Å². The fourth-order valence-electron chi connectivity index (χ4n) is 1.28. The van der Waals surface area contributed by atoms with Gasteiger partial charge in [-0.25, -0.2) is 0 Å².